The summed E-state index contributed by atoms with van der Waals surface area (Å²) in [5, 5.41) is 4.05. The van der Waals surface area contributed by atoms with Crippen LogP contribution in [0.25, 0.3) is 0 Å². The van der Waals surface area contributed by atoms with Crippen LogP contribution in [0.15, 0.2) is 42.1 Å². The molecular formula is C18H18FN3O. The number of benzene rings is 1. The van der Waals surface area contributed by atoms with Crippen LogP contribution in [0.4, 0.5) is 4.39 Å². The van der Waals surface area contributed by atoms with E-state index in [1.165, 1.54) is 6.07 Å². The fraction of sp³-hybridized carbons (Fsp3) is 0.333. The average Bonchev–Trinajstić information content (AvgIpc) is 3.25. The first-order valence-corrected chi connectivity index (χ1v) is 7.72. The monoisotopic (exact) mass is 311 g/mol. The third kappa shape index (κ3) is 4.19. The molecule has 3 rings (SSSR count). The van der Waals surface area contributed by atoms with Gasteiger partial charge in [0.2, 0.25) is 0 Å². The maximum atomic E-state index is 14.5. The number of hydrogen-bond acceptors (Lipinski definition) is 3. The highest BCUT2D eigenvalue weighted by molar-refractivity contribution is 6.00. The van der Waals surface area contributed by atoms with Crippen LogP contribution in [-0.2, 0) is 11.4 Å². The molecule has 0 radical (unpaired) electrons. The van der Waals surface area contributed by atoms with Crippen LogP contribution in [-0.4, -0.2) is 21.9 Å². The zero-order chi connectivity index (χ0) is 16.1. The van der Waals surface area contributed by atoms with E-state index in [1.54, 1.807) is 24.8 Å². The van der Waals surface area contributed by atoms with Gasteiger partial charge >= 0.3 is 0 Å². The average molecular weight is 311 g/mol. The zero-order valence-electron chi connectivity index (χ0n) is 13.0. The Bertz CT molecular complexity index is 752. The first-order chi connectivity index (χ1) is 11.3. The Morgan fingerprint density at radius 2 is 2.35 bits per heavy atom. The van der Waals surface area contributed by atoms with Gasteiger partial charge in [0.05, 0.1) is 12.9 Å². The van der Waals surface area contributed by atoms with Gasteiger partial charge in [-0.2, -0.15) is 0 Å². The second-order valence-electron chi connectivity index (χ2n) is 5.43. The maximum absolute atomic E-state index is 14.5. The molecule has 5 heteroatoms. The van der Waals surface area contributed by atoms with E-state index >= 15 is 0 Å². The number of aromatic nitrogens is 2. The van der Waals surface area contributed by atoms with Crippen LogP contribution < -0.4 is 0 Å². The lowest BCUT2D eigenvalue weighted by Crippen LogP contribution is -2.13. The number of imidazole rings is 1. The highest BCUT2D eigenvalue weighted by Crippen LogP contribution is 2.27. The van der Waals surface area contributed by atoms with Crippen molar-refractivity contribution in [2.75, 3.05) is 6.61 Å². The van der Waals surface area contributed by atoms with E-state index in [9.17, 15) is 4.39 Å². The van der Waals surface area contributed by atoms with Crippen LogP contribution in [0.5, 0.6) is 0 Å². The Hall–Kier alpha value is -2.61. The van der Waals surface area contributed by atoms with Crippen LogP contribution in [0.1, 0.15) is 30.9 Å². The minimum atomic E-state index is -0.342. The van der Waals surface area contributed by atoms with Gasteiger partial charge in [-0.1, -0.05) is 17.0 Å². The molecule has 0 unspecified atom stereocenters. The van der Waals surface area contributed by atoms with Gasteiger partial charge in [-0.3, -0.25) is 0 Å². The molecule has 1 heterocycles. The summed E-state index contributed by atoms with van der Waals surface area (Å²) in [6.07, 6.45) is 7.45. The van der Waals surface area contributed by atoms with Gasteiger partial charge in [-0.15, -0.1) is 0 Å². The van der Waals surface area contributed by atoms with Crippen molar-refractivity contribution in [1.82, 2.24) is 9.55 Å². The minimum Gasteiger partial charge on any atom is -0.396 e. The third-order valence-corrected chi connectivity index (χ3v) is 3.47. The predicted octanol–water partition coefficient (Wildman–Crippen LogP) is 3.22. The molecule has 1 aliphatic rings. The lowest BCUT2D eigenvalue weighted by molar-refractivity contribution is 0.158. The lowest BCUT2D eigenvalue weighted by atomic mass is 10.1. The molecule has 0 saturated heterocycles. The second-order valence-corrected chi connectivity index (χ2v) is 5.43. The molecular weight excluding hydrogens is 293 g/mol. The number of oxime groups is 1. The molecule has 0 N–H and O–H groups in total. The number of rotatable bonds is 5. The molecule has 0 bridgehead atoms. The van der Waals surface area contributed by atoms with Crippen molar-refractivity contribution in [2.24, 2.45) is 11.1 Å². The van der Waals surface area contributed by atoms with Crippen molar-refractivity contribution >= 4 is 5.71 Å². The van der Waals surface area contributed by atoms with Crippen LogP contribution in [0.2, 0.25) is 0 Å². The topological polar surface area (TPSA) is 39.4 Å². The number of hydrogen-bond donors (Lipinski definition) is 0. The molecule has 0 aliphatic heterocycles. The van der Waals surface area contributed by atoms with E-state index in [1.807, 2.05) is 17.6 Å². The second kappa shape index (κ2) is 7.10. The largest absolute Gasteiger partial charge is 0.396 e. The zero-order valence-corrected chi connectivity index (χ0v) is 13.0. The summed E-state index contributed by atoms with van der Waals surface area (Å²) in [4.78, 5) is 9.12. The summed E-state index contributed by atoms with van der Waals surface area (Å²) < 4.78 is 16.3. The quantitative estimate of drug-likeness (QED) is 0.483. The summed E-state index contributed by atoms with van der Waals surface area (Å²) in [6.45, 7) is 2.66. The molecule has 4 nitrogen and oxygen atoms in total. The first kappa shape index (κ1) is 15.3. The Kier molecular flexibility index (Phi) is 4.72. The van der Waals surface area contributed by atoms with E-state index < -0.39 is 0 Å². The molecule has 23 heavy (non-hydrogen) atoms. The summed E-state index contributed by atoms with van der Waals surface area (Å²) in [5.74, 6) is 6.31. The fourth-order valence-electron chi connectivity index (χ4n) is 2.10. The summed E-state index contributed by atoms with van der Waals surface area (Å²) >= 11 is 0. The SMILES string of the molecule is CCO/N=C(\Cn1ccnc1)c1ccc(C#CC2CC2)cc1F. The highest BCUT2D eigenvalue weighted by atomic mass is 19.1. The Morgan fingerprint density at radius 3 is 3.00 bits per heavy atom. The molecule has 0 atom stereocenters. The molecule has 0 amide bonds. The molecule has 118 valence electrons. The summed E-state index contributed by atoms with van der Waals surface area (Å²) in [6, 6.07) is 4.99. The Labute approximate surface area is 135 Å². The van der Waals surface area contributed by atoms with Crippen LogP contribution in [0.3, 0.4) is 0 Å². The summed E-state index contributed by atoms with van der Waals surface area (Å²) in [7, 11) is 0. The van der Waals surface area contributed by atoms with Gasteiger partial charge in [0.1, 0.15) is 18.1 Å². The van der Waals surface area contributed by atoms with E-state index in [0.29, 0.717) is 35.9 Å². The molecule has 1 aromatic carbocycles. The smallest absolute Gasteiger partial charge is 0.133 e. The van der Waals surface area contributed by atoms with Gasteiger partial charge in [0.15, 0.2) is 0 Å². The van der Waals surface area contributed by atoms with Crippen LogP contribution in [0, 0.1) is 23.6 Å². The predicted molar refractivity (Wildman–Crippen MR) is 86.4 cm³/mol. The van der Waals surface area contributed by atoms with Gasteiger partial charge < -0.3 is 9.40 Å². The standard InChI is InChI=1S/C18H18FN3O/c1-2-23-21-18(12-22-10-9-20-13-22)16-8-7-15(11-17(16)19)6-5-14-3-4-14/h7-11,13-14H,2-4,12H2,1H3/b21-18+. The van der Waals surface area contributed by atoms with E-state index in [4.69, 9.17) is 4.84 Å². The van der Waals surface area contributed by atoms with Crippen molar-refractivity contribution in [3.05, 3.63) is 53.9 Å². The Morgan fingerprint density at radius 1 is 1.48 bits per heavy atom. The van der Waals surface area contributed by atoms with Crippen molar-refractivity contribution in [2.45, 2.75) is 26.3 Å². The number of halogens is 1. The first-order valence-electron chi connectivity index (χ1n) is 7.72. The van der Waals surface area contributed by atoms with Gasteiger partial charge in [0, 0.05) is 29.4 Å². The molecule has 2 aromatic rings. The minimum absolute atomic E-state index is 0.342. The molecule has 1 aliphatic carbocycles. The molecule has 1 fully saturated rings. The number of nitrogens with zero attached hydrogens (tertiary/aromatic N) is 3. The normalized spacial score (nSPS) is 14.3. The van der Waals surface area contributed by atoms with Crippen molar-refractivity contribution in [3.63, 3.8) is 0 Å². The van der Waals surface area contributed by atoms with Crippen molar-refractivity contribution < 1.29 is 9.23 Å². The van der Waals surface area contributed by atoms with E-state index in [0.717, 1.165) is 12.8 Å². The highest BCUT2D eigenvalue weighted by Gasteiger charge is 2.18. The molecule has 1 aromatic heterocycles. The van der Waals surface area contributed by atoms with E-state index in [-0.39, 0.29) is 5.82 Å². The lowest BCUT2D eigenvalue weighted by Gasteiger charge is -2.09. The van der Waals surface area contributed by atoms with Gasteiger partial charge in [0.25, 0.3) is 0 Å². The molecule has 1 saturated carbocycles. The fourth-order valence-corrected chi connectivity index (χ4v) is 2.10. The van der Waals surface area contributed by atoms with Gasteiger partial charge in [-0.25, -0.2) is 9.37 Å². The van der Waals surface area contributed by atoms with Crippen LogP contribution >= 0.6 is 0 Å². The van der Waals surface area contributed by atoms with Crippen molar-refractivity contribution in [3.8, 4) is 11.8 Å². The molecule has 0 spiro atoms. The Balaban J connectivity index is 1.84. The van der Waals surface area contributed by atoms with E-state index in [2.05, 4.69) is 22.0 Å². The van der Waals surface area contributed by atoms with Crippen molar-refractivity contribution in [1.29, 1.82) is 0 Å². The van der Waals surface area contributed by atoms with Gasteiger partial charge in [-0.05, 0) is 38.0 Å². The third-order valence-electron chi connectivity index (χ3n) is 3.47. The summed E-state index contributed by atoms with van der Waals surface area (Å²) in [5.41, 5.74) is 1.63. The maximum Gasteiger partial charge on any atom is 0.133 e.